The number of aliphatic carboxylic acids is 1. The van der Waals surface area contributed by atoms with Crippen LogP contribution in [0.25, 0.3) is 0 Å². The van der Waals surface area contributed by atoms with Crippen molar-refractivity contribution in [2.24, 2.45) is 0 Å². The minimum atomic E-state index is -1.15. The average molecular weight is 305 g/mol. The molecule has 1 aromatic carbocycles. The lowest BCUT2D eigenvalue weighted by atomic mass is 10.1. The zero-order valence-electron chi connectivity index (χ0n) is 11.9. The van der Waals surface area contributed by atoms with Crippen molar-refractivity contribution >= 4 is 11.9 Å². The summed E-state index contributed by atoms with van der Waals surface area (Å²) >= 11 is 0. The summed E-state index contributed by atoms with van der Waals surface area (Å²) in [7, 11) is 0. The topological polar surface area (TPSA) is 115 Å². The van der Waals surface area contributed by atoms with Crippen LogP contribution in [-0.2, 0) is 20.9 Å². The lowest BCUT2D eigenvalue weighted by Gasteiger charge is -2.14. The summed E-state index contributed by atoms with van der Waals surface area (Å²) in [5.74, 6) is -0.971. The van der Waals surface area contributed by atoms with Gasteiger partial charge in [0, 0.05) is 0 Å². The van der Waals surface area contributed by atoms with Crippen LogP contribution < -0.4 is 5.32 Å². The van der Waals surface area contributed by atoms with Crippen LogP contribution in [0, 0.1) is 6.92 Å². The third-order valence-electron chi connectivity index (χ3n) is 2.71. The van der Waals surface area contributed by atoms with E-state index in [9.17, 15) is 14.7 Å². The maximum atomic E-state index is 11.8. The van der Waals surface area contributed by atoms with Crippen LogP contribution in [0.1, 0.15) is 23.3 Å². The summed E-state index contributed by atoms with van der Waals surface area (Å²) in [5, 5.41) is 15.2. The molecular weight excluding hydrogens is 290 g/mol. The van der Waals surface area contributed by atoms with Crippen molar-refractivity contribution < 1.29 is 24.0 Å². The number of amides is 1. The first kappa shape index (κ1) is 15.6. The molecule has 8 nitrogen and oxygen atoms in total. The van der Waals surface area contributed by atoms with Gasteiger partial charge in [0.15, 0.2) is 11.9 Å². The van der Waals surface area contributed by atoms with Gasteiger partial charge < -0.3 is 19.7 Å². The SMILES string of the molecule is Cc1noc(COCC(=O)NC(C(=O)O)c2ccccc2)n1. The molecule has 22 heavy (non-hydrogen) atoms. The zero-order chi connectivity index (χ0) is 15.9. The van der Waals surface area contributed by atoms with Gasteiger partial charge in [-0.05, 0) is 12.5 Å². The molecule has 2 N–H and O–H groups in total. The summed E-state index contributed by atoms with van der Waals surface area (Å²) in [5.41, 5.74) is 0.482. The zero-order valence-corrected chi connectivity index (χ0v) is 11.9. The standard InChI is InChI=1S/C14H15N3O5/c1-9-15-12(22-17-9)8-21-7-11(18)16-13(14(19)20)10-5-3-2-4-6-10/h2-6,13H,7-8H2,1H3,(H,16,18)(H,19,20). The van der Waals surface area contributed by atoms with Crippen molar-refractivity contribution in [3.05, 3.63) is 47.6 Å². The van der Waals surface area contributed by atoms with Gasteiger partial charge >= 0.3 is 5.97 Å². The Labute approximate surface area is 126 Å². The van der Waals surface area contributed by atoms with Gasteiger partial charge in [-0.1, -0.05) is 35.5 Å². The Hall–Kier alpha value is -2.74. The van der Waals surface area contributed by atoms with Gasteiger partial charge in [-0.3, -0.25) is 4.79 Å². The second-order valence-corrected chi connectivity index (χ2v) is 4.48. The Morgan fingerprint density at radius 2 is 2.09 bits per heavy atom. The molecule has 0 spiro atoms. The van der Waals surface area contributed by atoms with E-state index in [1.807, 2.05) is 0 Å². The van der Waals surface area contributed by atoms with Crippen LogP contribution >= 0.6 is 0 Å². The van der Waals surface area contributed by atoms with Crippen LogP contribution in [0.2, 0.25) is 0 Å². The number of benzene rings is 1. The molecule has 0 bridgehead atoms. The monoisotopic (exact) mass is 305 g/mol. The Kier molecular flexibility index (Phi) is 5.21. The lowest BCUT2D eigenvalue weighted by molar-refractivity contribution is -0.142. The summed E-state index contributed by atoms with van der Waals surface area (Å²) < 4.78 is 9.93. The van der Waals surface area contributed by atoms with Gasteiger partial charge in [0.05, 0.1) is 0 Å². The van der Waals surface area contributed by atoms with E-state index in [4.69, 9.17) is 9.26 Å². The molecule has 116 valence electrons. The van der Waals surface area contributed by atoms with Crippen LogP contribution in [-0.4, -0.2) is 33.7 Å². The number of carboxylic acid groups (broad SMARTS) is 1. The quantitative estimate of drug-likeness (QED) is 0.778. The molecule has 0 radical (unpaired) electrons. The molecule has 1 atom stereocenters. The van der Waals surface area contributed by atoms with E-state index in [0.717, 1.165) is 0 Å². The average Bonchev–Trinajstić information content (AvgIpc) is 2.91. The van der Waals surface area contributed by atoms with Crippen LogP contribution in [0.3, 0.4) is 0 Å². The van der Waals surface area contributed by atoms with E-state index in [2.05, 4.69) is 15.5 Å². The first-order chi connectivity index (χ1) is 10.6. The van der Waals surface area contributed by atoms with Gasteiger partial charge in [0.1, 0.15) is 13.2 Å². The normalized spacial score (nSPS) is 11.9. The third kappa shape index (κ3) is 4.38. The number of carbonyl (C=O) groups excluding carboxylic acids is 1. The van der Waals surface area contributed by atoms with E-state index in [0.29, 0.717) is 11.4 Å². The Bertz CT molecular complexity index is 641. The maximum absolute atomic E-state index is 11.8. The Morgan fingerprint density at radius 1 is 1.36 bits per heavy atom. The van der Waals surface area contributed by atoms with Gasteiger partial charge in [0.25, 0.3) is 5.89 Å². The molecule has 1 heterocycles. The Morgan fingerprint density at radius 3 is 2.68 bits per heavy atom. The number of rotatable bonds is 7. The molecule has 8 heteroatoms. The molecule has 1 amide bonds. The molecule has 0 fully saturated rings. The molecule has 0 saturated carbocycles. The van der Waals surface area contributed by atoms with E-state index >= 15 is 0 Å². The number of aromatic nitrogens is 2. The van der Waals surface area contributed by atoms with E-state index in [1.165, 1.54) is 0 Å². The van der Waals surface area contributed by atoms with Gasteiger partial charge in [0.2, 0.25) is 5.91 Å². The highest BCUT2D eigenvalue weighted by atomic mass is 16.5. The van der Waals surface area contributed by atoms with Crippen molar-refractivity contribution in [2.45, 2.75) is 19.6 Å². The minimum absolute atomic E-state index is 0.0165. The predicted octanol–water partition coefficient (Wildman–Crippen LogP) is 0.837. The first-order valence-corrected chi connectivity index (χ1v) is 6.50. The van der Waals surface area contributed by atoms with Gasteiger partial charge in [-0.15, -0.1) is 0 Å². The molecule has 0 aliphatic heterocycles. The first-order valence-electron chi connectivity index (χ1n) is 6.50. The molecular formula is C14H15N3O5. The van der Waals surface area contributed by atoms with Crippen molar-refractivity contribution in [3.8, 4) is 0 Å². The number of nitrogens with one attached hydrogen (secondary N) is 1. The second kappa shape index (κ2) is 7.32. The predicted molar refractivity (Wildman–Crippen MR) is 73.7 cm³/mol. The summed E-state index contributed by atoms with van der Waals surface area (Å²) in [6.45, 7) is 1.34. The molecule has 1 unspecified atom stereocenters. The van der Waals surface area contributed by atoms with E-state index < -0.39 is 17.9 Å². The highest BCUT2D eigenvalue weighted by Gasteiger charge is 2.21. The lowest BCUT2D eigenvalue weighted by Crippen LogP contribution is -2.36. The van der Waals surface area contributed by atoms with Crippen LogP contribution in [0.5, 0.6) is 0 Å². The highest BCUT2D eigenvalue weighted by molar-refractivity contribution is 5.85. The fourth-order valence-corrected chi connectivity index (χ4v) is 1.77. The number of hydrogen-bond acceptors (Lipinski definition) is 6. The fraction of sp³-hybridized carbons (Fsp3) is 0.286. The molecule has 0 aliphatic rings. The number of hydrogen-bond donors (Lipinski definition) is 2. The number of carboxylic acids is 1. The summed E-state index contributed by atoms with van der Waals surface area (Å²) in [6.07, 6.45) is 0. The minimum Gasteiger partial charge on any atom is -0.479 e. The van der Waals surface area contributed by atoms with Crippen molar-refractivity contribution in [1.29, 1.82) is 0 Å². The molecule has 2 aromatic rings. The summed E-state index contributed by atoms with van der Waals surface area (Å²) in [4.78, 5) is 26.9. The molecule has 1 aromatic heterocycles. The van der Waals surface area contributed by atoms with E-state index in [1.54, 1.807) is 37.3 Å². The fourth-order valence-electron chi connectivity index (χ4n) is 1.77. The number of aryl methyl sites for hydroxylation is 1. The van der Waals surface area contributed by atoms with Crippen LogP contribution in [0.4, 0.5) is 0 Å². The molecule has 0 aliphatic carbocycles. The van der Waals surface area contributed by atoms with Crippen molar-refractivity contribution in [2.75, 3.05) is 6.61 Å². The van der Waals surface area contributed by atoms with Gasteiger partial charge in [-0.2, -0.15) is 4.98 Å². The van der Waals surface area contributed by atoms with Gasteiger partial charge in [-0.25, -0.2) is 4.79 Å². The highest BCUT2D eigenvalue weighted by Crippen LogP contribution is 2.12. The number of ether oxygens (including phenoxy) is 1. The number of carbonyl (C=O) groups is 2. The molecule has 2 rings (SSSR count). The maximum Gasteiger partial charge on any atom is 0.330 e. The Balaban J connectivity index is 1.85. The van der Waals surface area contributed by atoms with Crippen molar-refractivity contribution in [3.63, 3.8) is 0 Å². The smallest absolute Gasteiger partial charge is 0.330 e. The molecule has 0 saturated heterocycles. The largest absolute Gasteiger partial charge is 0.479 e. The third-order valence-corrected chi connectivity index (χ3v) is 2.71. The number of nitrogens with zero attached hydrogens (tertiary/aromatic N) is 2. The van der Waals surface area contributed by atoms with Crippen LogP contribution in [0.15, 0.2) is 34.9 Å². The summed E-state index contributed by atoms with van der Waals surface area (Å²) in [6, 6.07) is 7.29. The second-order valence-electron chi connectivity index (χ2n) is 4.48. The van der Waals surface area contributed by atoms with E-state index in [-0.39, 0.29) is 19.1 Å². The van der Waals surface area contributed by atoms with Crippen molar-refractivity contribution in [1.82, 2.24) is 15.5 Å².